The predicted molar refractivity (Wildman–Crippen MR) is 114 cm³/mol. The number of anilines is 1. The Morgan fingerprint density at radius 3 is 2.28 bits per heavy atom. The molecule has 0 saturated heterocycles. The molecule has 2 saturated carbocycles. The fraction of sp³-hybridized carbons (Fsp3) is 0.458. The van der Waals surface area contributed by atoms with E-state index < -0.39 is 9.84 Å². The van der Waals surface area contributed by atoms with E-state index in [9.17, 15) is 13.2 Å². The maximum atomic E-state index is 12.7. The summed E-state index contributed by atoms with van der Waals surface area (Å²) >= 11 is 0. The number of carbonyl (C=O) groups is 1. The van der Waals surface area contributed by atoms with Gasteiger partial charge in [-0.2, -0.15) is 0 Å². The lowest BCUT2D eigenvalue weighted by Gasteiger charge is -2.37. The molecule has 0 atom stereocenters. The van der Waals surface area contributed by atoms with Crippen molar-refractivity contribution < 1.29 is 13.2 Å². The van der Waals surface area contributed by atoms with Gasteiger partial charge in [0.2, 0.25) is 5.91 Å². The van der Waals surface area contributed by atoms with Crippen molar-refractivity contribution in [2.75, 3.05) is 4.90 Å². The number of rotatable bonds is 6. The molecule has 2 fully saturated rings. The van der Waals surface area contributed by atoms with E-state index in [0.29, 0.717) is 18.8 Å². The SMILES string of the molecule is Cc1ccc(CS(=O)(=O)Cc2ccc3c(c2)CCC(=O)N3C2(C3CC3)CC2)cc1. The highest BCUT2D eigenvalue weighted by Crippen LogP contribution is 2.59. The van der Waals surface area contributed by atoms with Crippen LogP contribution in [0.5, 0.6) is 0 Å². The van der Waals surface area contributed by atoms with E-state index in [0.717, 1.165) is 40.8 Å². The Morgan fingerprint density at radius 2 is 1.62 bits per heavy atom. The number of carbonyl (C=O) groups excluding carboxylic acids is 1. The highest BCUT2D eigenvalue weighted by molar-refractivity contribution is 7.89. The molecule has 0 aromatic heterocycles. The Kier molecular flexibility index (Phi) is 4.35. The molecule has 1 heterocycles. The Balaban J connectivity index is 1.38. The van der Waals surface area contributed by atoms with Crippen molar-refractivity contribution in [2.24, 2.45) is 5.92 Å². The number of hydrogen-bond acceptors (Lipinski definition) is 3. The lowest BCUT2D eigenvalue weighted by Crippen LogP contribution is -2.46. The number of aryl methyl sites for hydroxylation is 2. The smallest absolute Gasteiger partial charge is 0.227 e. The molecule has 0 N–H and O–H groups in total. The topological polar surface area (TPSA) is 54.5 Å². The van der Waals surface area contributed by atoms with Crippen LogP contribution in [0.2, 0.25) is 0 Å². The molecule has 152 valence electrons. The lowest BCUT2D eigenvalue weighted by molar-refractivity contribution is -0.119. The van der Waals surface area contributed by atoms with Gasteiger partial charge in [0.15, 0.2) is 9.84 Å². The molecular formula is C24H27NO3S. The number of benzene rings is 2. The summed E-state index contributed by atoms with van der Waals surface area (Å²) in [5, 5.41) is 0. The molecule has 5 rings (SSSR count). The zero-order valence-corrected chi connectivity index (χ0v) is 17.7. The summed E-state index contributed by atoms with van der Waals surface area (Å²) in [4.78, 5) is 14.8. The van der Waals surface area contributed by atoms with Crippen molar-refractivity contribution in [3.63, 3.8) is 0 Å². The first-order valence-electron chi connectivity index (χ1n) is 10.6. The summed E-state index contributed by atoms with van der Waals surface area (Å²) in [6.45, 7) is 1.99. The average molecular weight is 410 g/mol. The van der Waals surface area contributed by atoms with Crippen LogP contribution in [-0.4, -0.2) is 19.9 Å². The van der Waals surface area contributed by atoms with Gasteiger partial charge in [0.25, 0.3) is 0 Å². The molecule has 5 heteroatoms. The number of hydrogen-bond donors (Lipinski definition) is 0. The second-order valence-corrected chi connectivity index (χ2v) is 11.2. The van der Waals surface area contributed by atoms with Gasteiger partial charge in [-0.15, -0.1) is 0 Å². The van der Waals surface area contributed by atoms with Gasteiger partial charge in [0.05, 0.1) is 17.0 Å². The monoisotopic (exact) mass is 409 g/mol. The number of nitrogens with zero attached hydrogens (tertiary/aromatic N) is 1. The summed E-state index contributed by atoms with van der Waals surface area (Å²) in [7, 11) is -3.25. The van der Waals surface area contributed by atoms with Gasteiger partial charge in [-0.05, 0) is 67.7 Å². The number of amides is 1. The van der Waals surface area contributed by atoms with Crippen LogP contribution in [0.3, 0.4) is 0 Å². The van der Waals surface area contributed by atoms with Crippen molar-refractivity contribution in [3.8, 4) is 0 Å². The van der Waals surface area contributed by atoms with Crippen LogP contribution >= 0.6 is 0 Å². The van der Waals surface area contributed by atoms with Gasteiger partial charge in [0.1, 0.15) is 0 Å². The van der Waals surface area contributed by atoms with Crippen LogP contribution in [0.15, 0.2) is 42.5 Å². The molecule has 0 radical (unpaired) electrons. The van der Waals surface area contributed by atoms with Crippen molar-refractivity contribution in [2.45, 2.75) is 62.5 Å². The van der Waals surface area contributed by atoms with E-state index >= 15 is 0 Å². The van der Waals surface area contributed by atoms with Crippen molar-refractivity contribution in [3.05, 3.63) is 64.7 Å². The quantitative estimate of drug-likeness (QED) is 0.713. The van der Waals surface area contributed by atoms with Crippen LogP contribution in [0.4, 0.5) is 5.69 Å². The zero-order valence-electron chi connectivity index (χ0n) is 16.9. The maximum absolute atomic E-state index is 12.7. The van der Waals surface area contributed by atoms with Crippen LogP contribution in [0, 0.1) is 12.8 Å². The highest BCUT2D eigenvalue weighted by atomic mass is 32.2. The molecule has 0 unspecified atom stereocenters. The first-order valence-corrected chi connectivity index (χ1v) is 12.4. The van der Waals surface area contributed by atoms with Crippen molar-refractivity contribution in [1.29, 1.82) is 0 Å². The zero-order chi connectivity index (χ0) is 20.2. The van der Waals surface area contributed by atoms with Crippen LogP contribution in [0.1, 0.15) is 54.4 Å². The third-order valence-corrected chi connectivity index (χ3v) is 8.23. The molecular weight excluding hydrogens is 382 g/mol. The summed E-state index contributed by atoms with van der Waals surface area (Å²) in [6, 6.07) is 13.6. The summed E-state index contributed by atoms with van der Waals surface area (Å²) in [5.74, 6) is 0.990. The lowest BCUT2D eigenvalue weighted by atomic mass is 9.95. The second kappa shape index (κ2) is 6.69. The minimum absolute atomic E-state index is 0.0376. The molecule has 29 heavy (non-hydrogen) atoms. The van der Waals surface area contributed by atoms with E-state index in [1.165, 1.54) is 12.8 Å². The molecule has 4 nitrogen and oxygen atoms in total. The average Bonchev–Trinajstić information content (AvgIpc) is 3.56. The van der Waals surface area contributed by atoms with Gasteiger partial charge in [0, 0.05) is 12.1 Å². The van der Waals surface area contributed by atoms with E-state index in [-0.39, 0.29) is 23.0 Å². The molecule has 2 aliphatic carbocycles. The predicted octanol–water partition coefficient (Wildman–Crippen LogP) is 4.33. The molecule has 0 spiro atoms. The van der Waals surface area contributed by atoms with E-state index in [1.807, 2.05) is 49.4 Å². The normalized spacial score (nSPS) is 20.4. The van der Waals surface area contributed by atoms with Crippen LogP contribution < -0.4 is 4.90 Å². The van der Waals surface area contributed by atoms with E-state index in [1.54, 1.807) is 0 Å². The molecule has 2 aromatic rings. The fourth-order valence-electron chi connectivity index (χ4n) is 4.93. The number of fused-ring (bicyclic) bond motifs is 1. The fourth-order valence-corrected chi connectivity index (χ4v) is 6.42. The standard InChI is InChI=1S/C24H27NO3S/c1-17-2-4-18(5-3-17)15-29(27,28)16-19-6-10-22-20(14-19)7-11-23(26)25(22)24(12-13-24)21-8-9-21/h2-6,10,14,21H,7-9,11-13,15-16H2,1H3. The van der Waals surface area contributed by atoms with Crippen LogP contribution in [-0.2, 0) is 32.6 Å². The van der Waals surface area contributed by atoms with Gasteiger partial charge in [-0.1, -0.05) is 42.0 Å². The van der Waals surface area contributed by atoms with E-state index in [4.69, 9.17) is 0 Å². The molecule has 3 aliphatic rings. The van der Waals surface area contributed by atoms with Gasteiger partial charge < -0.3 is 4.90 Å². The van der Waals surface area contributed by atoms with Gasteiger partial charge >= 0.3 is 0 Å². The Labute approximate surface area is 172 Å². The summed E-state index contributed by atoms with van der Waals surface area (Å²) < 4.78 is 25.5. The molecule has 0 bridgehead atoms. The van der Waals surface area contributed by atoms with Crippen molar-refractivity contribution >= 4 is 21.4 Å². The minimum atomic E-state index is -3.25. The largest absolute Gasteiger partial charge is 0.306 e. The third-order valence-electron chi connectivity index (χ3n) is 6.68. The summed E-state index contributed by atoms with van der Waals surface area (Å²) in [6.07, 6.45) is 5.91. The second-order valence-electron chi connectivity index (χ2n) is 9.09. The number of sulfone groups is 1. The first kappa shape index (κ1) is 18.9. The minimum Gasteiger partial charge on any atom is -0.306 e. The maximum Gasteiger partial charge on any atom is 0.227 e. The Bertz CT molecular complexity index is 1060. The first-order chi connectivity index (χ1) is 13.9. The van der Waals surface area contributed by atoms with Crippen LogP contribution in [0.25, 0.3) is 0 Å². The molecule has 1 amide bonds. The molecule has 2 aromatic carbocycles. The molecule has 1 aliphatic heterocycles. The summed E-state index contributed by atoms with van der Waals surface area (Å²) in [5.41, 5.74) is 4.97. The third kappa shape index (κ3) is 3.61. The van der Waals surface area contributed by atoms with Gasteiger partial charge in [-0.3, -0.25) is 4.79 Å². The Hall–Kier alpha value is -2.14. The highest BCUT2D eigenvalue weighted by Gasteiger charge is 2.60. The van der Waals surface area contributed by atoms with E-state index in [2.05, 4.69) is 4.90 Å². The van der Waals surface area contributed by atoms with Crippen molar-refractivity contribution in [1.82, 2.24) is 0 Å². The van der Waals surface area contributed by atoms with Gasteiger partial charge in [-0.25, -0.2) is 8.42 Å². The Morgan fingerprint density at radius 1 is 0.966 bits per heavy atom.